The number of nitrogens with zero attached hydrogens (tertiary/aromatic N) is 1. The second-order valence-corrected chi connectivity index (χ2v) is 7.24. The van der Waals surface area contributed by atoms with E-state index in [9.17, 15) is 8.42 Å². The molecule has 0 bridgehead atoms. The summed E-state index contributed by atoms with van der Waals surface area (Å²) in [6, 6.07) is -0.194. The van der Waals surface area contributed by atoms with Crippen molar-refractivity contribution in [2.75, 3.05) is 19.7 Å². The van der Waals surface area contributed by atoms with Crippen molar-refractivity contribution in [2.45, 2.75) is 58.0 Å². The van der Waals surface area contributed by atoms with Gasteiger partial charge in [-0.05, 0) is 33.6 Å². The summed E-state index contributed by atoms with van der Waals surface area (Å²) < 4.78 is 40.0. The SMILES string of the molecule is C[C@@H]1CN(S(=O)(=O)N[C@H](C)[C@@H]2CCCO2)C[C@@H](C)O1. The molecule has 2 aliphatic rings. The average Bonchev–Trinajstić information content (AvgIpc) is 2.80. The molecule has 0 aromatic carbocycles. The number of morpholine rings is 1. The summed E-state index contributed by atoms with van der Waals surface area (Å²) in [7, 11) is -3.46. The molecule has 0 unspecified atom stereocenters. The Morgan fingerprint density at radius 1 is 1.26 bits per heavy atom. The fourth-order valence-electron chi connectivity index (χ4n) is 2.71. The molecule has 2 saturated heterocycles. The number of hydrogen-bond acceptors (Lipinski definition) is 4. The van der Waals surface area contributed by atoms with Gasteiger partial charge in [0.15, 0.2) is 0 Å². The van der Waals surface area contributed by atoms with Crippen LogP contribution in [-0.4, -0.2) is 56.8 Å². The lowest BCUT2D eigenvalue weighted by atomic mass is 10.1. The Hall–Kier alpha value is -0.210. The van der Waals surface area contributed by atoms with Crippen molar-refractivity contribution in [3.63, 3.8) is 0 Å². The first-order valence-corrected chi connectivity index (χ1v) is 8.37. The molecular formula is C12H24N2O4S. The second-order valence-electron chi connectivity index (χ2n) is 5.54. The summed E-state index contributed by atoms with van der Waals surface area (Å²) in [4.78, 5) is 0. The van der Waals surface area contributed by atoms with Crippen molar-refractivity contribution in [3.8, 4) is 0 Å². The number of ether oxygens (including phenoxy) is 2. The maximum Gasteiger partial charge on any atom is 0.279 e. The number of nitrogens with one attached hydrogen (secondary N) is 1. The van der Waals surface area contributed by atoms with Gasteiger partial charge in [-0.25, -0.2) is 0 Å². The van der Waals surface area contributed by atoms with Crippen LogP contribution < -0.4 is 4.72 Å². The minimum Gasteiger partial charge on any atom is -0.377 e. The normalized spacial score (nSPS) is 35.4. The zero-order chi connectivity index (χ0) is 14.0. The molecule has 0 radical (unpaired) electrons. The van der Waals surface area contributed by atoms with Crippen LogP contribution >= 0.6 is 0 Å². The van der Waals surface area contributed by atoms with Crippen molar-refractivity contribution in [1.82, 2.24) is 9.03 Å². The zero-order valence-corrected chi connectivity index (χ0v) is 12.6. The van der Waals surface area contributed by atoms with Gasteiger partial charge >= 0.3 is 0 Å². The molecule has 6 nitrogen and oxygen atoms in total. The van der Waals surface area contributed by atoms with Gasteiger partial charge in [-0.15, -0.1) is 0 Å². The molecule has 0 amide bonds. The van der Waals surface area contributed by atoms with Gasteiger partial charge in [0.25, 0.3) is 10.2 Å². The summed E-state index contributed by atoms with van der Waals surface area (Å²) in [5, 5.41) is 0. The summed E-state index contributed by atoms with van der Waals surface area (Å²) >= 11 is 0. The van der Waals surface area contributed by atoms with Crippen molar-refractivity contribution in [2.24, 2.45) is 0 Å². The van der Waals surface area contributed by atoms with E-state index in [0.717, 1.165) is 19.4 Å². The Morgan fingerprint density at radius 3 is 2.42 bits per heavy atom. The van der Waals surface area contributed by atoms with E-state index in [0.29, 0.717) is 13.1 Å². The van der Waals surface area contributed by atoms with E-state index >= 15 is 0 Å². The highest BCUT2D eigenvalue weighted by molar-refractivity contribution is 7.87. The Morgan fingerprint density at radius 2 is 1.89 bits per heavy atom. The molecule has 7 heteroatoms. The Balaban J connectivity index is 1.97. The van der Waals surface area contributed by atoms with Gasteiger partial charge in [0.2, 0.25) is 0 Å². The van der Waals surface area contributed by atoms with Crippen molar-refractivity contribution < 1.29 is 17.9 Å². The lowest BCUT2D eigenvalue weighted by Crippen LogP contribution is -2.54. The molecule has 0 aromatic heterocycles. The molecule has 2 rings (SSSR count). The van der Waals surface area contributed by atoms with Gasteiger partial charge in [-0.3, -0.25) is 0 Å². The second kappa shape index (κ2) is 6.05. The quantitative estimate of drug-likeness (QED) is 0.819. The first kappa shape index (κ1) is 15.2. The highest BCUT2D eigenvalue weighted by atomic mass is 32.2. The molecule has 112 valence electrons. The van der Waals surface area contributed by atoms with Crippen LogP contribution in [0.2, 0.25) is 0 Å². The minimum atomic E-state index is -3.46. The molecule has 2 aliphatic heterocycles. The Kier molecular flexibility index (Phi) is 4.84. The summed E-state index contributed by atoms with van der Waals surface area (Å²) in [5.41, 5.74) is 0. The molecule has 1 N–H and O–H groups in total. The van der Waals surface area contributed by atoms with Crippen LogP contribution in [0, 0.1) is 0 Å². The lowest BCUT2D eigenvalue weighted by Gasteiger charge is -2.35. The fourth-order valence-corrected chi connectivity index (χ4v) is 4.29. The molecule has 19 heavy (non-hydrogen) atoms. The van der Waals surface area contributed by atoms with Crippen molar-refractivity contribution in [1.29, 1.82) is 0 Å². The molecular weight excluding hydrogens is 268 g/mol. The van der Waals surface area contributed by atoms with Crippen LogP contribution in [0.3, 0.4) is 0 Å². The van der Waals surface area contributed by atoms with Gasteiger partial charge < -0.3 is 9.47 Å². The summed E-state index contributed by atoms with van der Waals surface area (Å²) in [5.74, 6) is 0. The largest absolute Gasteiger partial charge is 0.377 e. The molecule has 0 aliphatic carbocycles. The third-order valence-electron chi connectivity index (χ3n) is 3.58. The summed E-state index contributed by atoms with van der Waals surface area (Å²) in [6.07, 6.45) is 1.77. The van der Waals surface area contributed by atoms with E-state index in [4.69, 9.17) is 9.47 Å². The van der Waals surface area contributed by atoms with E-state index < -0.39 is 10.2 Å². The minimum absolute atomic E-state index is 0.00865. The van der Waals surface area contributed by atoms with Gasteiger partial charge in [-0.2, -0.15) is 17.4 Å². The maximum atomic E-state index is 12.3. The number of rotatable bonds is 4. The molecule has 0 aromatic rings. The van der Waals surface area contributed by atoms with Crippen LogP contribution in [0.4, 0.5) is 0 Å². The summed E-state index contributed by atoms with van der Waals surface area (Å²) in [6.45, 7) is 7.17. The zero-order valence-electron chi connectivity index (χ0n) is 11.8. The fraction of sp³-hybridized carbons (Fsp3) is 1.00. The van der Waals surface area contributed by atoms with Crippen molar-refractivity contribution in [3.05, 3.63) is 0 Å². The first-order valence-electron chi connectivity index (χ1n) is 6.93. The molecule has 4 atom stereocenters. The van der Waals surface area contributed by atoms with Crippen LogP contribution in [0.5, 0.6) is 0 Å². The van der Waals surface area contributed by atoms with E-state index in [1.54, 1.807) is 0 Å². The maximum absolute atomic E-state index is 12.3. The van der Waals surface area contributed by atoms with Crippen LogP contribution in [0.1, 0.15) is 33.6 Å². The molecule has 2 fully saturated rings. The number of hydrogen-bond donors (Lipinski definition) is 1. The van der Waals surface area contributed by atoms with Crippen LogP contribution in [0.15, 0.2) is 0 Å². The Labute approximate surface area is 115 Å². The highest BCUT2D eigenvalue weighted by Gasteiger charge is 2.34. The van der Waals surface area contributed by atoms with E-state index in [-0.39, 0.29) is 24.4 Å². The monoisotopic (exact) mass is 292 g/mol. The molecule has 2 heterocycles. The topological polar surface area (TPSA) is 67.9 Å². The average molecular weight is 292 g/mol. The molecule has 0 saturated carbocycles. The van der Waals surface area contributed by atoms with Crippen LogP contribution in [0.25, 0.3) is 0 Å². The smallest absolute Gasteiger partial charge is 0.279 e. The first-order chi connectivity index (χ1) is 8.88. The van der Waals surface area contributed by atoms with E-state index in [1.165, 1.54) is 4.31 Å². The molecule has 0 spiro atoms. The van der Waals surface area contributed by atoms with Crippen molar-refractivity contribution >= 4 is 10.2 Å². The highest BCUT2D eigenvalue weighted by Crippen LogP contribution is 2.18. The predicted molar refractivity (Wildman–Crippen MR) is 72.1 cm³/mol. The van der Waals surface area contributed by atoms with Crippen LogP contribution in [-0.2, 0) is 19.7 Å². The third kappa shape index (κ3) is 3.88. The van der Waals surface area contributed by atoms with Gasteiger partial charge in [0.1, 0.15) is 0 Å². The van der Waals surface area contributed by atoms with E-state index in [1.807, 2.05) is 20.8 Å². The van der Waals surface area contributed by atoms with E-state index in [2.05, 4.69) is 4.72 Å². The predicted octanol–water partition coefficient (Wildman–Crippen LogP) is 0.498. The standard InChI is InChI=1S/C12H24N2O4S/c1-9-7-14(8-10(2)18-9)19(15,16)13-11(3)12-5-4-6-17-12/h9-13H,4-8H2,1-3H3/t9-,10-,11-,12+/m1/s1. The Bertz CT molecular complexity index is 385. The third-order valence-corrected chi connectivity index (χ3v) is 5.23. The van der Waals surface area contributed by atoms with Gasteiger partial charge in [0.05, 0.1) is 18.3 Å². The lowest BCUT2D eigenvalue weighted by molar-refractivity contribution is -0.0446. The van der Waals surface area contributed by atoms with Gasteiger partial charge in [-0.1, -0.05) is 0 Å². The van der Waals surface area contributed by atoms with Gasteiger partial charge in [0, 0.05) is 25.7 Å².